The molecule has 0 bridgehead atoms. The van der Waals surface area contributed by atoms with Crippen LogP contribution in [-0.2, 0) is 19.4 Å². The Hall–Kier alpha value is -1.39. The van der Waals surface area contributed by atoms with E-state index in [-0.39, 0.29) is 6.10 Å². The van der Waals surface area contributed by atoms with Crippen LogP contribution in [0.2, 0.25) is 0 Å². The van der Waals surface area contributed by atoms with Gasteiger partial charge in [-0.3, -0.25) is 0 Å². The Balaban J connectivity index is 1.66. The molecular formula is C17H21NO2S. The maximum Gasteiger partial charge on any atom is 0.131 e. The van der Waals surface area contributed by atoms with Gasteiger partial charge in [-0.25, -0.2) is 4.98 Å². The summed E-state index contributed by atoms with van der Waals surface area (Å²) >= 11 is 1.70. The highest BCUT2D eigenvalue weighted by Gasteiger charge is 2.18. The molecule has 2 aromatic rings. The number of nitrogens with zero attached hydrogens (tertiary/aromatic N) is 1. The minimum atomic E-state index is -0.340. The zero-order valence-electron chi connectivity index (χ0n) is 12.3. The number of aliphatic hydroxyl groups is 1. The molecule has 112 valence electrons. The zero-order valence-corrected chi connectivity index (χ0v) is 13.2. The van der Waals surface area contributed by atoms with Crippen molar-refractivity contribution in [2.45, 2.75) is 51.7 Å². The molecule has 3 nitrogen and oxygen atoms in total. The van der Waals surface area contributed by atoms with Crippen LogP contribution in [0.5, 0.6) is 5.75 Å². The van der Waals surface area contributed by atoms with E-state index in [0.717, 1.165) is 49.1 Å². The third-order valence-electron chi connectivity index (χ3n) is 3.85. The summed E-state index contributed by atoms with van der Waals surface area (Å²) in [6.45, 7) is 2.66. The first kappa shape index (κ1) is 14.5. The SMILES string of the molecule is CCCc1nc(COc2ccc3c(c2)[C@@H](O)CCC3)cs1. The molecule has 0 saturated heterocycles. The minimum Gasteiger partial charge on any atom is -0.487 e. The molecule has 1 aromatic heterocycles. The lowest BCUT2D eigenvalue weighted by molar-refractivity contribution is 0.156. The smallest absolute Gasteiger partial charge is 0.131 e. The summed E-state index contributed by atoms with van der Waals surface area (Å²) in [5, 5.41) is 13.3. The van der Waals surface area contributed by atoms with Gasteiger partial charge in [0.2, 0.25) is 0 Å². The number of hydrogen-bond donors (Lipinski definition) is 1. The van der Waals surface area contributed by atoms with Gasteiger partial charge in [0, 0.05) is 5.38 Å². The Kier molecular flexibility index (Phi) is 4.56. The maximum absolute atomic E-state index is 10.1. The largest absolute Gasteiger partial charge is 0.487 e. The van der Waals surface area contributed by atoms with Gasteiger partial charge in [0.15, 0.2) is 0 Å². The number of ether oxygens (including phenoxy) is 1. The van der Waals surface area contributed by atoms with E-state index in [1.807, 2.05) is 12.1 Å². The number of hydrogen-bond acceptors (Lipinski definition) is 4. The number of aliphatic hydroxyl groups excluding tert-OH is 1. The molecule has 1 N–H and O–H groups in total. The molecule has 0 spiro atoms. The topological polar surface area (TPSA) is 42.4 Å². The van der Waals surface area contributed by atoms with Crippen molar-refractivity contribution in [3.05, 3.63) is 45.4 Å². The van der Waals surface area contributed by atoms with Crippen molar-refractivity contribution in [2.24, 2.45) is 0 Å². The highest BCUT2D eigenvalue weighted by molar-refractivity contribution is 7.09. The van der Waals surface area contributed by atoms with Crippen LogP contribution < -0.4 is 4.74 Å². The van der Waals surface area contributed by atoms with E-state index in [9.17, 15) is 5.11 Å². The quantitative estimate of drug-likeness (QED) is 0.906. The monoisotopic (exact) mass is 303 g/mol. The Labute approximate surface area is 129 Å². The summed E-state index contributed by atoms with van der Waals surface area (Å²) in [6.07, 6.45) is 4.79. The second kappa shape index (κ2) is 6.58. The van der Waals surface area contributed by atoms with E-state index in [0.29, 0.717) is 6.61 Å². The molecule has 3 rings (SSSR count). The van der Waals surface area contributed by atoms with Crippen LogP contribution in [0.3, 0.4) is 0 Å². The highest BCUT2D eigenvalue weighted by Crippen LogP contribution is 2.32. The lowest BCUT2D eigenvalue weighted by Crippen LogP contribution is -2.09. The van der Waals surface area contributed by atoms with Crippen LogP contribution in [0.1, 0.15) is 54.1 Å². The third kappa shape index (κ3) is 3.44. The second-order valence-electron chi connectivity index (χ2n) is 5.54. The average molecular weight is 303 g/mol. The van der Waals surface area contributed by atoms with Crippen molar-refractivity contribution in [1.82, 2.24) is 4.98 Å². The van der Waals surface area contributed by atoms with E-state index in [2.05, 4.69) is 23.4 Å². The average Bonchev–Trinajstić information content (AvgIpc) is 2.94. The van der Waals surface area contributed by atoms with E-state index in [4.69, 9.17) is 4.74 Å². The van der Waals surface area contributed by atoms with Crippen LogP contribution in [0, 0.1) is 0 Å². The summed E-state index contributed by atoms with van der Waals surface area (Å²) in [7, 11) is 0. The summed E-state index contributed by atoms with van der Waals surface area (Å²) < 4.78 is 5.83. The molecule has 0 unspecified atom stereocenters. The molecular weight excluding hydrogens is 282 g/mol. The molecule has 4 heteroatoms. The lowest BCUT2D eigenvalue weighted by atomic mass is 9.89. The fourth-order valence-corrected chi connectivity index (χ4v) is 3.63. The van der Waals surface area contributed by atoms with Crippen molar-refractivity contribution in [1.29, 1.82) is 0 Å². The Morgan fingerprint density at radius 1 is 1.43 bits per heavy atom. The molecule has 1 atom stereocenters. The van der Waals surface area contributed by atoms with Gasteiger partial charge in [0.25, 0.3) is 0 Å². The first-order valence-electron chi connectivity index (χ1n) is 7.63. The fourth-order valence-electron chi connectivity index (χ4n) is 2.74. The van der Waals surface area contributed by atoms with Gasteiger partial charge in [0.05, 0.1) is 16.8 Å². The summed E-state index contributed by atoms with van der Waals surface area (Å²) in [5.74, 6) is 0.819. The number of fused-ring (bicyclic) bond motifs is 1. The molecule has 1 aliphatic carbocycles. The number of thiazole rings is 1. The van der Waals surface area contributed by atoms with Gasteiger partial charge >= 0.3 is 0 Å². The molecule has 1 aromatic carbocycles. The van der Waals surface area contributed by atoms with Gasteiger partial charge in [-0.1, -0.05) is 13.0 Å². The Morgan fingerprint density at radius 3 is 3.19 bits per heavy atom. The van der Waals surface area contributed by atoms with Gasteiger partial charge in [-0.15, -0.1) is 11.3 Å². The maximum atomic E-state index is 10.1. The first-order chi connectivity index (χ1) is 10.3. The minimum absolute atomic E-state index is 0.340. The van der Waals surface area contributed by atoms with Gasteiger partial charge in [0.1, 0.15) is 12.4 Å². The Morgan fingerprint density at radius 2 is 2.33 bits per heavy atom. The van der Waals surface area contributed by atoms with E-state index in [1.54, 1.807) is 11.3 Å². The van der Waals surface area contributed by atoms with Gasteiger partial charge < -0.3 is 9.84 Å². The molecule has 0 radical (unpaired) electrons. The highest BCUT2D eigenvalue weighted by atomic mass is 32.1. The van der Waals surface area contributed by atoms with Crippen LogP contribution in [-0.4, -0.2) is 10.1 Å². The molecule has 21 heavy (non-hydrogen) atoms. The lowest BCUT2D eigenvalue weighted by Gasteiger charge is -2.21. The summed E-state index contributed by atoms with van der Waals surface area (Å²) in [6, 6.07) is 6.06. The molecule has 1 aliphatic rings. The summed E-state index contributed by atoms with van der Waals surface area (Å²) in [5.41, 5.74) is 3.27. The van der Waals surface area contributed by atoms with E-state index < -0.39 is 0 Å². The second-order valence-corrected chi connectivity index (χ2v) is 6.48. The van der Waals surface area contributed by atoms with E-state index >= 15 is 0 Å². The Bertz CT molecular complexity index is 609. The molecule has 0 amide bonds. The van der Waals surface area contributed by atoms with Crippen LogP contribution in [0.15, 0.2) is 23.6 Å². The number of aromatic nitrogens is 1. The number of aryl methyl sites for hydroxylation is 2. The molecule has 0 fully saturated rings. The zero-order chi connectivity index (χ0) is 14.7. The van der Waals surface area contributed by atoms with Crippen molar-refractivity contribution < 1.29 is 9.84 Å². The van der Waals surface area contributed by atoms with Gasteiger partial charge in [-0.2, -0.15) is 0 Å². The normalized spacial score (nSPS) is 17.5. The first-order valence-corrected chi connectivity index (χ1v) is 8.51. The van der Waals surface area contributed by atoms with Crippen LogP contribution in [0.25, 0.3) is 0 Å². The number of benzene rings is 1. The third-order valence-corrected chi connectivity index (χ3v) is 4.81. The van der Waals surface area contributed by atoms with Crippen molar-refractivity contribution in [3.63, 3.8) is 0 Å². The molecule has 0 aliphatic heterocycles. The standard InChI is InChI=1S/C17H21NO2S/c1-2-4-17-18-13(11-21-17)10-20-14-8-7-12-5-3-6-16(19)15(12)9-14/h7-9,11,16,19H,2-6,10H2,1H3/t16-/m0/s1. The van der Waals surface area contributed by atoms with E-state index in [1.165, 1.54) is 10.6 Å². The van der Waals surface area contributed by atoms with Crippen molar-refractivity contribution >= 4 is 11.3 Å². The predicted molar refractivity (Wildman–Crippen MR) is 84.8 cm³/mol. The molecule has 0 saturated carbocycles. The molecule has 1 heterocycles. The number of rotatable bonds is 5. The van der Waals surface area contributed by atoms with Crippen LogP contribution >= 0.6 is 11.3 Å². The van der Waals surface area contributed by atoms with Crippen LogP contribution in [0.4, 0.5) is 0 Å². The fraction of sp³-hybridized carbons (Fsp3) is 0.471. The summed E-state index contributed by atoms with van der Waals surface area (Å²) in [4.78, 5) is 4.56. The van der Waals surface area contributed by atoms with Crippen molar-refractivity contribution in [2.75, 3.05) is 0 Å². The van der Waals surface area contributed by atoms with Crippen molar-refractivity contribution in [3.8, 4) is 5.75 Å². The van der Waals surface area contributed by atoms with Gasteiger partial charge in [-0.05, 0) is 55.4 Å². The predicted octanol–water partition coefficient (Wildman–Crippen LogP) is 4.04.